The topological polar surface area (TPSA) is 71.4 Å². The fraction of sp³-hybridized carbons (Fsp3) is 0.280. The van der Waals surface area contributed by atoms with E-state index < -0.39 is 45.8 Å². The Balaban J connectivity index is 1.53. The summed E-state index contributed by atoms with van der Waals surface area (Å²) in [6, 6.07) is 15.7. The van der Waals surface area contributed by atoms with Crippen LogP contribution in [-0.4, -0.2) is 29.3 Å². The van der Waals surface area contributed by atoms with Gasteiger partial charge >= 0.3 is 6.36 Å². The number of hydrogen-bond donors (Lipinski definition) is 2. The fourth-order valence-corrected chi connectivity index (χ4v) is 5.60. The molecule has 192 valence electrons. The Kier molecular flexibility index (Phi) is 7.62. The summed E-state index contributed by atoms with van der Waals surface area (Å²) < 4.78 is 98.4. The molecule has 0 radical (unpaired) electrons. The highest BCUT2D eigenvalue weighted by molar-refractivity contribution is 7.90. The molecule has 4 rings (SSSR count). The molecular weight excluding hydrogens is 503 g/mol. The Morgan fingerprint density at radius 1 is 0.917 bits per heavy atom. The zero-order valence-corrected chi connectivity index (χ0v) is 19.6. The van der Waals surface area contributed by atoms with Crippen LogP contribution in [0.25, 0.3) is 0 Å². The summed E-state index contributed by atoms with van der Waals surface area (Å²) in [4.78, 5) is 0.00804. The summed E-state index contributed by atoms with van der Waals surface area (Å²) in [6.07, 6.45) is -4.53. The van der Waals surface area contributed by atoms with Gasteiger partial charge in [-0.1, -0.05) is 24.3 Å². The molecule has 3 aromatic carbocycles. The van der Waals surface area contributed by atoms with Crippen molar-refractivity contribution in [3.05, 3.63) is 95.6 Å². The molecule has 3 aromatic rings. The Morgan fingerprint density at radius 2 is 1.44 bits per heavy atom. The summed E-state index contributed by atoms with van der Waals surface area (Å²) in [5, 5.41) is 0. The van der Waals surface area contributed by atoms with Gasteiger partial charge < -0.3 is 9.47 Å². The molecule has 3 atom stereocenters. The number of ether oxygens (including phenoxy) is 2. The molecular formula is C25H23F5N2O3S. The summed E-state index contributed by atoms with van der Waals surface area (Å²) in [7, 11) is -3.55. The minimum absolute atomic E-state index is 0.00804. The first kappa shape index (κ1) is 26.1. The highest BCUT2D eigenvalue weighted by Gasteiger charge is 2.34. The van der Waals surface area contributed by atoms with Crippen molar-refractivity contribution in [3.63, 3.8) is 0 Å². The largest absolute Gasteiger partial charge is 0.573 e. The molecule has 1 aliphatic rings. The van der Waals surface area contributed by atoms with Gasteiger partial charge in [-0.05, 0) is 72.5 Å². The maximum atomic E-state index is 13.6. The van der Waals surface area contributed by atoms with Gasteiger partial charge in [0.25, 0.3) is 0 Å². The molecule has 0 aliphatic carbocycles. The summed E-state index contributed by atoms with van der Waals surface area (Å²) in [6.45, 7) is 0.287. The minimum Gasteiger partial charge on any atom is -0.406 e. The average molecular weight is 527 g/mol. The van der Waals surface area contributed by atoms with Gasteiger partial charge in [0.1, 0.15) is 27.3 Å². The molecule has 1 saturated heterocycles. The third-order valence-electron chi connectivity index (χ3n) is 5.87. The maximum Gasteiger partial charge on any atom is 0.573 e. The van der Waals surface area contributed by atoms with E-state index in [9.17, 15) is 26.2 Å². The SMILES string of the molecule is N=S(=O)(NC1CCOC(C(c2ccc(F)cc2)c2ccc(F)cc2)C1)c1ccc(OC(F)(F)F)cc1. The molecule has 1 aliphatic heterocycles. The van der Waals surface area contributed by atoms with E-state index in [0.717, 1.165) is 35.4 Å². The summed E-state index contributed by atoms with van der Waals surface area (Å²) >= 11 is 0. The average Bonchev–Trinajstić information content (AvgIpc) is 2.81. The van der Waals surface area contributed by atoms with Crippen molar-refractivity contribution in [1.82, 2.24) is 4.72 Å². The van der Waals surface area contributed by atoms with Crippen LogP contribution in [0, 0.1) is 16.4 Å². The van der Waals surface area contributed by atoms with E-state index >= 15 is 0 Å². The Labute approximate surface area is 205 Å². The van der Waals surface area contributed by atoms with E-state index in [4.69, 9.17) is 9.52 Å². The molecule has 36 heavy (non-hydrogen) atoms. The molecule has 3 unspecified atom stereocenters. The van der Waals surface area contributed by atoms with Crippen molar-refractivity contribution in [3.8, 4) is 5.75 Å². The predicted molar refractivity (Wildman–Crippen MR) is 123 cm³/mol. The highest BCUT2D eigenvalue weighted by Crippen LogP contribution is 2.35. The quantitative estimate of drug-likeness (QED) is 0.363. The lowest BCUT2D eigenvalue weighted by Gasteiger charge is -2.36. The third-order valence-corrected chi connectivity index (χ3v) is 7.47. The maximum absolute atomic E-state index is 13.6. The molecule has 0 aromatic heterocycles. The molecule has 1 heterocycles. The number of alkyl halides is 3. The van der Waals surface area contributed by atoms with Crippen molar-refractivity contribution < 1.29 is 35.6 Å². The second-order valence-corrected chi connectivity index (χ2v) is 10.2. The number of benzene rings is 3. The van der Waals surface area contributed by atoms with Crippen LogP contribution in [0.3, 0.4) is 0 Å². The number of halogens is 5. The zero-order valence-electron chi connectivity index (χ0n) is 18.8. The normalized spacial score (nSPS) is 20.2. The van der Waals surface area contributed by atoms with Crippen molar-refractivity contribution >= 4 is 9.92 Å². The van der Waals surface area contributed by atoms with Crippen LogP contribution in [0.1, 0.15) is 29.9 Å². The van der Waals surface area contributed by atoms with Crippen LogP contribution in [-0.2, 0) is 14.7 Å². The molecule has 5 nitrogen and oxygen atoms in total. The van der Waals surface area contributed by atoms with Gasteiger partial charge in [0.15, 0.2) is 0 Å². The molecule has 0 bridgehead atoms. The number of nitrogens with one attached hydrogen (secondary N) is 2. The van der Waals surface area contributed by atoms with Gasteiger partial charge in [0, 0.05) is 18.6 Å². The van der Waals surface area contributed by atoms with Crippen LogP contribution < -0.4 is 9.46 Å². The smallest absolute Gasteiger partial charge is 0.406 e. The van der Waals surface area contributed by atoms with E-state index in [1.165, 1.54) is 24.3 Å². The van der Waals surface area contributed by atoms with Crippen LogP contribution in [0.15, 0.2) is 77.7 Å². The van der Waals surface area contributed by atoms with E-state index in [2.05, 4.69) is 9.46 Å². The Hall–Kier alpha value is -3.02. The lowest BCUT2D eigenvalue weighted by atomic mass is 9.82. The first-order valence-electron chi connectivity index (χ1n) is 11.0. The van der Waals surface area contributed by atoms with Crippen molar-refractivity contribution in [1.29, 1.82) is 4.78 Å². The number of hydrogen-bond acceptors (Lipinski definition) is 4. The van der Waals surface area contributed by atoms with Gasteiger partial charge in [-0.3, -0.25) is 0 Å². The van der Waals surface area contributed by atoms with Crippen LogP contribution in [0.4, 0.5) is 22.0 Å². The van der Waals surface area contributed by atoms with Gasteiger partial charge in [0.05, 0.1) is 11.0 Å². The Bertz CT molecular complexity index is 1220. The van der Waals surface area contributed by atoms with E-state index in [-0.39, 0.29) is 17.4 Å². The molecule has 2 N–H and O–H groups in total. The van der Waals surface area contributed by atoms with Crippen LogP contribution >= 0.6 is 0 Å². The second-order valence-electron chi connectivity index (χ2n) is 8.40. The lowest BCUT2D eigenvalue weighted by Crippen LogP contribution is -2.43. The van der Waals surface area contributed by atoms with Gasteiger partial charge in [-0.2, -0.15) is 0 Å². The van der Waals surface area contributed by atoms with E-state index in [1.54, 1.807) is 24.3 Å². The minimum atomic E-state index is -4.86. The first-order valence-corrected chi connectivity index (χ1v) is 12.6. The molecule has 0 spiro atoms. The lowest BCUT2D eigenvalue weighted by molar-refractivity contribution is -0.274. The van der Waals surface area contributed by atoms with E-state index in [1.807, 2.05) is 0 Å². The highest BCUT2D eigenvalue weighted by atomic mass is 32.2. The van der Waals surface area contributed by atoms with Gasteiger partial charge in [0.2, 0.25) is 0 Å². The predicted octanol–water partition coefficient (Wildman–Crippen LogP) is 6.15. The van der Waals surface area contributed by atoms with Crippen molar-refractivity contribution in [2.24, 2.45) is 0 Å². The van der Waals surface area contributed by atoms with E-state index in [0.29, 0.717) is 12.8 Å². The number of rotatable bonds is 7. The van der Waals surface area contributed by atoms with Crippen molar-refractivity contribution in [2.45, 2.75) is 42.2 Å². The van der Waals surface area contributed by atoms with Crippen LogP contribution in [0.5, 0.6) is 5.75 Å². The molecule has 0 amide bonds. The standard InChI is InChI=1S/C25H23F5N2O3S/c26-18-5-1-16(2-6-18)24(17-3-7-19(27)8-4-17)23-15-20(13-14-34-23)32-36(31,33)22-11-9-21(10-12-22)35-25(28,29)30/h1-12,20,23-24H,13-15H2,(H2,31,32,33). The molecule has 11 heteroatoms. The summed E-state index contributed by atoms with van der Waals surface area (Å²) in [5.41, 5.74) is 1.50. The van der Waals surface area contributed by atoms with Crippen LogP contribution in [0.2, 0.25) is 0 Å². The fourth-order valence-electron chi connectivity index (χ4n) is 4.27. The van der Waals surface area contributed by atoms with Gasteiger partial charge in [-0.15, -0.1) is 13.2 Å². The van der Waals surface area contributed by atoms with Crippen molar-refractivity contribution in [2.75, 3.05) is 6.61 Å². The zero-order chi connectivity index (χ0) is 25.9. The monoisotopic (exact) mass is 526 g/mol. The van der Waals surface area contributed by atoms with Gasteiger partial charge in [-0.25, -0.2) is 22.5 Å². The first-order chi connectivity index (χ1) is 17.0. The molecule has 0 saturated carbocycles. The third kappa shape index (κ3) is 6.59. The second kappa shape index (κ2) is 10.5. The Morgan fingerprint density at radius 3 is 1.94 bits per heavy atom. The molecule has 1 fully saturated rings. The summed E-state index contributed by atoms with van der Waals surface area (Å²) in [5.74, 6) is -1.66.